The Labute approximate surface area is 96.9 Å². The number of hydrogen-bond acceptors (Lipinski definition) is 3. The highest BCUT2D eigenvalue weighted by molar-refractivity contribution is 7.89. The molecule has 0 atom stereocenters. The van der Waals surface area contributed by atoms with Crippen molar-refractivity contribution in [2.24, 2.45) is 0 Å². The van der Waals surface area contributed by atoms with E-state index in [9.17, 15) is 8.42 Å². The zero-order chi connectivity index (χ0) is 12.3. The maximum atomic E-state index is 11.8. The summed E-state index contributed by atoms with van der Waals surface area (Å²) in [4.78, 5) is 0.272. The first-order valence-corrected chi connectivity index (χ1v) is 6.47. The molecule has 0 bridgehead atoms. The lowest BCUT2D eigenvalue weighted by Gasteiger charge is -2.13. The molecule has 0 aliphatic carbocycles. The molecule has 0 aliphatic heterocycles. The molecular weight excluding hydrogens is 226 g/mol. The monoisotopic (exact) mass is 243 g/mol. The zero-order valence-corrected chi connectivity index (χ0v) is 10.8. The van der Waals surface area contributed by atoms with Crippen LogP contribution < -0.4 is 4.74 Å². The van der Waals surface area contributed by atoms with Crippen LogP contribution in [0.3, 0.4) is 0 Å². The summed E-state index contributed by atoms with van der Waals surface area (Å²) in [5.74, 6) is 0.674. The third kappa shape index (κ3) is 2.96. The van der Waals surface area contributed by atoms with Crippen molar-refractivity contribution < 1.29 is 13.2 Å². The third-order valence-electron chi connectivity index (χ3n) is 1.97. The minimum absolute atomic E-state index is 0.0799. The van der Waals surface area contributed by atoms with Gasteiger partial charge in [-0.2, -0.15) is 0 Å². The standard InChI is InChI=1S/C11H17NO3S/c1-9(2)15-10-5-7-11(8-6-10)16(13,14)12(3)4/h5-9H,1-4H3. The number of benzene rings is 1. The average Bonchev–Trinajstić information content (AvgIpc) is 2.17. The molecule has 0 fully saturated rings. The first-order chi connectivity index (χ1) is 7.34. The maximum absolute atomic E-state index is 11.8. The number of hydrogen-bond donors (Lipinski definition) is 0. The van der Waals surface area contributed by atoms with E-state index >= 15 is 0 Å². The van der Waals surface area contributed by atoms with Gasteiger partial charge in [0.2, 0.25) is 10.0 Å². The van der Waals surface area contributed by atoms with Gasteiger partial charge in [0.1, 0.15) is 5.75 Å². The maximum Gasteiger partial charge on any atom is 0.242 e. The minimum Gasteiger partial charge on any atom is -0.491 e. The van der Waals surface area contributed by atoms with Crippen molar-refractivity contribution in [3.8, 4) is 5.75 Å². The molecule has 0 radical (unpaired) electrons. The Morgan fingerprint density at radius 1 is 1.12 bits per heavy atom. The van der Waals surface area contributed by atoms with E-state index in [2.05, 4.69) is 0 Å². The summed E-state index contributed by atoms with van der Waals surface area (Å²) in [5, 5.41) is 0. The SMILES string of the molecule is CC(C)Oc1ccc(S(=O)(=O)N(C)C)cc1. The van der Waals surface area contributed by atoms with Crippen molar-refractivity contribution in [2.45, 2.75) is 24.8 Å². The van der Waals surface area contributed by atoms with Gasteiger partial charge >= 0.3 is 0 Å². The Kier molecular flexibility index (Phi) is 3.93. The second-order valence-electron chi connectivity index (χ2n) is 3.93. The summed E-state index contributed by atoms with van der Waals surface area (Å²) >= 11 is 0. The smallest absolute Gasteiger partial charge is 0.242 e. The second kappa shape index (κ2) is 4.84. The lowest BCUT2D eigenvalue weighted by Crippen LogP contribution is -2.22. The summed E-state index contributed by atoms with van der Waals surface area (Å²) in [6.07, 6.45) is 0.0799. The van der Waals surface area contributed by atoms with Gasteiger partial charge < -0.3 is 4.74 Å². The molecular formula is C11H17NO3S. The van der Waals surface area contributed by atoms with Crippen LogP contribution in [0.15, 0.2) is 29.2 Å². The first-order valence-electron chi connectivity index (χ1n) is 5.03. The Hall–Kier alpha value is -1.07. The van der Waals surface area contributed by atoms with E-state index in [4.69, 9.17) is 4.74 Å². The molecule has 0 N–H and O–H groups in total. The Bertz CT molecular complexity index is 435. The van der Waals surface area contributed by atoms with Crippen molar-refractivity contribution in [3.63, 3.8) is 0 Å². The number of nitrogens with zero attached hydrogens (tertiary/aromatic N) is 1. The highest BCUT2D eigenvalue weighted by Gasteiger charge is 2.16. The van der Waals surface area contributed by atoms with Gasteiger partial charge in [-0.15, -0.1) is 0 Å². The minimum atomic E-state index is -3.34. The van der Waals surface area contributed by atoms with Crippen molar-refractivity contribution in [2.75, 3.05) is 14.1 Å². The van der Waals surface area contributed by atoms with Crippen LogP contribution in [0.25, 0.3) is 0 Å². The summed E-state index contributed by atoms with van der Waals surface area (Å²) in [5.41, 5.74) is 0. The van der Waals surface area contributed by atoms with E-state index in [-0.39, 0.29) is 11.0 Å². The van der Waals surface area contributed by atoms with Crippen molar-refractivity contribution in [1.82, 2.24) is 4.31 Å². The van der Waals surface area contributed by atoms with Crippen LogP contribution in [0.1, 0.15) is 13.8 Å². The van der Waals surface area contributed by atoms with Crippen LogP contribution in [-0.2, 0) is 10.0 Å². The summed E-state index contributed by atoms with van der Waals surface area (Å²) < 4.78 is 30.1. The van der Waals surface area contributed by atoms with Gasteiger partial charge in [0.25, 0.3) is 0 Å². The topological polar surface area (TPSA) is 46.6 Å². The van der Waals surface area contributed by atoms with Crippen molar-refractivity contribution >= 4 is 10.0 Å². The lowest BCUT2D eigenvalue weighted by atomic mass is 10.3. The molecule has 0 unspecified atom stereocenters. The molecule has 0 saturated heterocycles. The van der Waals surface area contributed by atoms with Crippen LogP contribution in [0.4, 0.5) is 0 Å². The molecule has 0 saturated carbocycles. The van der Waals surface area contributed by atoms with Gasteiger partial charge in [-0.3, -0.25) is 0 Å². The van der Waals surface area contributed by atoms with Gasteiger partial charge in [0.15, 0.2) is 0 Å². The number of rotatable bonds is 4. The molecule has 0 aliphatic rings. The molecule has 16 heavy (non-hydrogen) atoms. The largest absolute Gasteiger partial charge is 0.491 e. The van der Waals surface area contributed by atoms with Crippen LogP contribution in [0, 0.1) is 0 Å². The predicted molar refractivity (Wildman–Crippen MR) is 63.1 cm³/mol. The highest BCUT2D eigenvalue weighted by Crippen LogP contribution is 2.18. The second-order valence-corrected chi connectivity index (χ2v) is 6.08. The molecule has 5 heteroatoms. The van der Waals surface area contributed by atoms with Crippen LogP contribution in [-0.4, -0.2) is 32.9 Å². The number of ether oxygens (including phenoxy) is 1. The molecule has 1 aromatic carbocycles. The highest BCUT2D eigenvalue weighted by atomic mass is 32.2. The zero-order valence-electron chi connectivity index (χ0n) is 9.97. The molecule has 0 heterocycles. The molecule has 90 valence electrons. The van der Waals surface area contributed by atoms with Gasteiger partial charge in [0, 0.05) is 14.1 Å². The Balaban J connectivity index is 2.96. The van der Waals surface area contributed by atoms with E-state index < -0.39 is 10.0 Å². The molecule has 1 rings (SSSR count). The van der Waals surface area contributed by atoms with Crippen LogP contribution in [0.2, 0.25) is 0 Å². The molecule has 4 nitrogen and oxygen atoms in total. The van der Waals surface area contributed by atoms with Crippen molar-refractivity contribution in [3.05, 3.63) is 24.3 Å². The van der Waals surface area contributed by atoms with Gasteiger partial charge in [0.05, 0.1) is 11.0 Å². The van der Waals surface area contributed by atoms with E-state index in [1.165, 1.54) is 18.4 Å². The van der Waals surface area contributed by atoms with E-state index in [1.807, 2.05) is 13.8 Å². The molecule has 0 aromatic heterocycles. The van der Waals surface area contributed by atoms with Gasteiger partial charge in [-0.1, -0.05) is 0 Å². The fourth-order valence-electron chi connectivity index (χ4n) is 1.17. The van der Waals surface area contributed by atoms with Gasteiger partial charge in [-0.25, -0.2) is 12.7 Å². The van der Waals surface area contributed by atoms with Gasteiger partial charge in [-0.05, 0) is 38.1 Å². The Morgan fingerprint density at radius 2 is 1.62 bits per heavy atom. The van der Waals surface area contributed by atoms with Crippen LogP contribution >= 0.6 is 0 Å². The summed E-state index contributed by atoms with van der Waals surface area (Å²) in [6, 6.07) is 6.42. The normalized spacial score (nSPS) is 12.1. The molecule has 0 spiro atoms. The Morgan fingerprint density at radius 3 is 2.00 bits per heavy atom. The molecule has 0 amide bonds. The summed E-state index contributed by atoms with van der Waals surface area (Å²) in [7, 11) is -0.329. The third-order valence-corrected chi connectivity index (χ3v) is 3.80. The summed E-state index contributed by atoms with van der Waals surface area (Å²) in [6.45, 7) is 3.84. The van der Waals surface area contributed by atoms with Crippen LogP contribution in [0.5, 0.6) is 5.75 Å². The number of sulfonamides is 1. The van der Waals surface area contributed by atoms with E-state index in [0.717, 1.165) is 0 Å². The average molecular weight is 243 g/mol. The fourth-order valence-corrected chi connectivity index (χ4v) is 2.07. The fraction of sp³-hybridized carbons (Fsp3) is 0.455. The van der Waals surface area contributed by atoms with E-state index in [0.29, 0.717) is 5.75 Å². The lowest BCUT2D eigenvalue weighted by molar-refractivity contribution is 0.242. The quantitative estimate of drug-likeness (QED) is 0.809. The van der Waals surface area contributed by atoms with Crippen molar-refractivity contribution in [1.29, 1.82) is 0 Å². The predicted octanol–water partition coefficient (Wildman–Crippen LogP) is 1.72. The first kappa shape index (κ1) is 13.0. The van der Waals surface area contributed by atoms with E-state index in [1.54, 1.807) is 24.3 Å². The molecule has 1 aromatic rings.